The third kappa shape index (κ3) is 3.59. The van der Waals surface area contributed by atoms with Gasteiger partial charge in [0.2, 0.25) is 0 Å². The third-order valence-electron chi connectivity index (χ3n) is 4.82. The van der Waals surface area contributed by atoms with Crippen LogP contribution in [0.25, 0.3) is 0 Å². The number of aryl methyl sites for hydroxylation is 1. The zero-order valence-corrected chi connectivity index (χ0v) is 14.9. The standard InChI is InChI=1S/C18H20F2N4O3/c1-22-9-6-21-15(22)12-23-7-3-8-24(11-10-23)17(25)13-4-2-5-14-16(13)27-18(19,20)26-14/h2,4-6,9H,3,7-8,10-12H2,1H3. The van der Waals surface area contributed by atoms with Gasteiger partial charge in [-0.2, -0.15) is 0 Å². The number of carbonyl (C=O) groups is 1. The molecule has 7 nitrogen and oxygen atoms in total. The van der Waals surface area contributed by atoms with Crippen LogP contribution < -0.4 is 9.47 Å². The van der Waals surface area contributed by atoms with Gasteiger partial charge in [-0.15, -0.1) is 8.78 Å². The maximum atomic E-state index is 13.4. The van der Waals surface area contributed by atoms with Crippen molar-refractivity contribution in [1.29, 1.82) is 0 Å². The molecule has 3 heterocycles. The highest BCUT2D eigenvalue weighted by atomic mass is 19.3. The predicted octanol–water partition coefficient (Wildman–Crippen LogP) is 2.09. The van der Waals surface area contributed by atoms with Crippen molar-refractivity contribution in [3.63, 3.8) is 0 Å². The van der Waals surface area contributed by atoms with Crippen LogP contribution in [0.3, 0.4) is 0 Å². The summed E-state index contributed by atoms with van der Waals surface area (Å²) in [6.07, 6.45) is 0.711. The summed E-state index contributed by atoms with van der Waals surface area (Å²) in [6, 6.07) is 4.37. The fraction of sp³-hybridized carbons (Fsp3) is 0.444. The zero-order chi connectivity index (χ0) is 19.0. The Labute approximate surface area is 155 Å². The highest BCUT2D eigenvalue weighted by molar-refractivity contribution is 5.98. The van der Waals surface area contributed by atoms with E-state index in [1.165, 1.54) is 18.2 Å². The Morgan fingerprint density at radius 3 is 2.85 bits per heavy atom. The smallest absolute Gasteiger partial charge is 0.395 e. The lowest BCUT2D eigenvalue weighted by Crippen LogP contribution is -2.35. The summed E-state index contributed by atoms with van der Waals surface area (Å²) >= 11 is 0. The van der Waals surface area contributed by atoms with Crippen molar-refractivity contribution in [2.24, 2.45) is 7.05 Å². The Hall–Kier alpha value is -2.68. The first-order chi connectivity index (χ1) is 12.9. The summed E-state index contributed by atoms with van der Waals surface area (Å²) in [5.74, 6) is 0.328. The van der Waals surface area contributed by atoms with Gasteiger partial charge in [0.05, 0.1) is 12.1 Å². The Kier molecular flexibility index (Phi) is 4.47. The van der Waals surface area contributed by atoms with Crippen LogP contribution in [-0.4, -0.2) is 57.7 Å². The highest BCUT2D eigenvalue weighted by Crippen LogP contribution is 2.43. The van der Waals surface area contributed by atoms with Crippen LogP contribution in [-0.2, 0) is 13.6 Å². The first kappa shape index (κ1) is 17.7. The first-order valence-electron chi connectivity index (χ1n) is 8.80. The minimum absolute atomic E-state index is 0.0993. The number of nitrogens with zero attached hydrogens (tertiary/aromatic N) is 4. The van der Waals surface area contributed by atoms with Gasteiger partial charge < -0.3 is 18.9 Å². The molecule has 2 aliphatic rings. The van der Waals surface area contributed by atoms with Gasteiger partial charge in [0.1, 0.15) is 5.82 Å². The van der Waals surface area contributed by atoms with Gasteiger partial charge in [-0.25, -0.2) is 4.98 Å². The summed E-state index contributed by atoms with van der Waals surface area (Å²) in [7, 11) is 1.95. The number of rotatable bonds is 3. The normalized spacial score (nSPS) is 19.1. The number of halogens is 2. The van der Waals surface area contributed by atoms with E-state index in [9.17, 15) is 13.6 Å². The van der Waals surface area contributed by atoms with Crippen LogP contribution in [0.5, 0.6) is 11.5 Å². The quantitative estimate of drug-likeness (QED) is 0.819. The molecule has 0 aliphatic carbocycles. The number of para-hydroxylation sites is 1. The second-order valence-corrected chi connectivity index (χ2v) is 6.68. The van der Waals surface area contributed by atoms with E-state index in [2.05, 4.69) is 19.4 Å². The van der Waals surface area contributed by atoms with E-state index in [-0.39, 0.29) is 23.0 Å². The van der Waals surface area contributed by atoms with E-state index >= 15 is 0 Å². The maximum absolute atomic E-state index is 13.4. The van der Waals surface area contributed by atoms with E-state index in [0.717, 1.165) is 18.8 Å². The monoisotopic (exact) mass is 378 g/mol. The van der Waals surface area contributed by atoms with E-state index in [0.29, 0.717) is 26.2 Å². The molecule has 1 aromatic carbocycles. The summed E-state index contributed by atoms with van der Waals surface area (Å²) < 4.78 is 37.7. The molecule has 4 rings (SSSR count). The summed E-state index contributed by atoms with van der Waals surface area (Å²) in [6.45, 7) is 3.28. The van der Waals surface area contributed by atoms with Gasteiger partial charge in [0.15, 0.2) is 11.5 Å². The molecule has 0 unspecified atom stereocenters. The van der Waals surface area contributed by atoms with Crippen molar-refractivity contribution in [3.8, 4) is 11.5 Å². The lowest BCUT2D eigenvalue weighted by Gasteiger charge is -2.22. The molecule has 0 N–H and O–H groups in total. The van der Waals surface area contributed by atoms with E-state index in [1.54, 1.807) is 11.1 Å². The molecule has 0 radical (unpaired) electrons. The molecular weight excluding hydrogens is 358 g/mol. The molecular formula is C18H20F2N4O3. The average molecular weight is 378 g/mol. The van der Waals surface area contributed by atoms with E-state index < -0.39 is 6.29 Å². The number of alkyl halides is 2. The maximum Gasteiger partial charge on any atom is 0.586 e. The van der Waals surface area contributed by atoms with Crippen molar-refractivity contribution >= 4 is 5.91 Å². The summed E-state index contributed by atoms with van der Waals surface area (Å²) in [4.78, 5) is 21.2. The molecule has 1 amide bonds. The molecule has 0 atom stereocenters. The van der Waals surface area contributed by atoms with Crippen LogP contribution in [0, 0.1) is 0 Å². The highest BCUT2D eigenvalue weighted by Gasteiger charge is 2.45. The first-order valence-corrected chi connectivity index (χ1v) is 8.80. The van der Waals surface area contributed by atoms with Gasteiger partial charge in [0, 0.05) is 45.6 Å². The minimum atomic E-state index is -3.74. The molecule has 144 valence electrons. The molecule has 9 heteroatoms. The SMILES string of the molecule is Cn1ccnc1CN1CCCN(C(=O)c2cccc3c2OC(F)(F)O3)CC1. The summed E-state index contributed by atoms with van der Waals surface area (Å²) in [5.41, 5.74) is 0.0993. The Bertz CT molecular complexity index is 855. The van der Waals surface area contributed by atoms with E-state index in [1.807, 2.05) is 17.8 Å². The van der Waals surface area contributed by atoms with Gasteiger partial charge in [-0.1, -0.05) is 6.07 Å². The minimum Gasteiger partial charge on any atom is -0.395 e. The number of hydrogen-bond acceptors (Lipinski definition) is 5. The van der Waals surface area contributed by atoms with Crippen molar-refractivity contribution in [3.05, 3.63) is 42.0 Å². The molecule has 1 fully saturated rings. The number of benzene rings is 1. The van der Waals surface area contributed by atoms with E-state index in [4.69, 9.17) is 0 Å². The lowest BCUT2D eigenvalue weighted by atomic mass is 10.1. The van der Waals surface area contributed by atoms with Gasteiger partial charge in [0.25, 0.3) is 5.91 Å². The molecule has 1 saturated heterocycles. The number of imidazole rings is 1. The van der Waals surface area contributed by atoms with Crippen molar-refractivity contribution < 1.29 is 23.0 Å². The fourth-order valence-corrected chi connectivity index (χ4v) is 3.39. The van der Waals surface area contributed by atoms with Crippen LogP contribution in [0.15, 0.2) is 30.6 Å². The topological polar surface area (TPSA) is 59.8 Å². The fourth-order valence-electron chi connectivity index (χ4n) is 3.39. The molecule has 0 bridgehead atoms. The molecule has 0 saturated carbocycles. The Morgan fingerprint density at radius 2 is 2.07 bits per heavy atom. The number of aromatic nitrogens is 2. The molecule has 2 aliphatic heterocycles. The number of carbonyl (C=O) groups excluding carboxylic acids is 1. The van der Waals surface area contributed by atoms with Crippen molar-refractivity contribution in [2.45, 2.75) is 19.3 Å². The lowest BCUT2D eigenvalue weighted by molar-refractivity contribution is -0.286. The van der Waals surface area contributed by atoms with Gasteiger partial charge in [-0.3, -0.25) is 9.69 Å². The Morgan fingerprint density at radius 1 is 1.22 bits per heavy atom. The third-order valence-corrected chi connectivity index (χ3v) is 4.82. The van der Waals surface area contributed by atoms with Crippen LogP contribution >= 0.6 is 0 Å². The molecule has 2 aromatic rings. The zero-order valence-electron chi connectivity index (χ0n) is 14.9. The van der Waals surface area contributed by atoms with Crippen LogP contribution in [0.2, 0.25) is 0 Å². The molecule has 0 spiro atoms. The van der Waals surface area contributed by atoms with Crippen LogP contribution in [0.1, 0.15) is 22.6 Å². The second-order valence-electron chi connectivity index (χ2n) is 6.68. The number of ether oxygens (including phenoxy) is 2. The van der Waals surface area contributed by atoms with Crippen molar-refractivity contribution in [2.75, 3.05) is 26.2 Å². The number of hydrogen-bond donors (Lipinski definition) is 0. The van der Waals surface area contributed by atoms with Gasteiger partial charge in [-0.05, 0) is 18.6 Å². The van der Waals surface area contributed by atoms with Crippen LogP contribution in [0.4, 0.5) is 8.78 Å². The van der Waals surface area contributed by atoms with Crippen molar-refractivity contribution in [1.82, 2.24) is 19.4 Å². The van der Waals surface area contributed by atoms with Gasteiger partial charge >= 0.3 is 6.29 Å². The second kappa shape index (κ2) is 6.80. The molecule has 27 heavy (non-hydrogen) atoms. The molecule has 1 aromatic heterocycles. The largest absolute Gasteiger partial charge is 0.586 e. The average Bonchev–Trinajstić information content (AvgIpc) is 3.07. The summed E-state index contributed by atoms with van der Waals surface area (Å²) in [5, 5.41) is 0. The number of amides is 1. The number of fused-ring (bicyclic) bond motifs is 1. The predicted molar refractivity (Wildman–Crippen MR) is 91.7 cm³/mol. The Balaban J connectivity index is 1.45.